The van der Waals surface area contributed by atoms with Crippen LogP contribution in [-0.4, -0.2) is 27.7 Å². The lowest BCUT2D eigenvalue weighted by Crippen LogP contribution is -2.39. The molecule has 2 N–H and O–H groups in total. The first-order chi connectivity index (χ1) is 7.16. The minimum Gasteiger partial charge on any atom is -0.309 e. The van der Waals surface area contributed by atoms with E-state index in [0.717, 1.165) is 6.54 Å². The topological polar surface area (TPSA) is 40.7 Å². The van der Waals surface area contributed by atoms with Crippen molar-refractivity contribution in [3.8, 4) is 0 Å². The van der Waals surface area contributed by atoms with Crippen LogP contribution in [0.15, 0.2) is 12.4 Å². The van der Waals surface area contributed by atoms with E-state index in [1.807, 2.05) is 12.4 Å². The normalized spacial score (nSPS) is 25.3. The van der Waals surface area contributed by atoms with Crippen molar-refractivity contribution in [3.63, 3.8) is 0 Å². The summed E-state index contributed by atoms with van der Waals surface area (Å²) in [4.78, 5) is 0. The van der Waals surface area contributed by atoms with Gasteiger partial charge in [0.2, 0.25) is 0 Å². The molecule has 0 radical (unpaired) electrons. The molecule has 0 aliphatic carbocycles. The van der Waals surface area contributed by atoms with Crippen LogP contribution in [0.2, 0.25) is 0 Å². The smallest absolute Gasteiger partial charge is 0.0532 e. The van der Waals surface area contributed by atoms with E-state index in [2.05, 4.69) is 41.1 Å². The maximum absolute atomic E-state index is 3.94. The fraction of sp³-hybridized carbons (Fsp3) is 0.727. The number of nitrogens with zero attached hydrogens (tertiary/aromatic N) is 1. The van der Waals surface area contributed by atoms with E-state index in [1.165, 1.54) is 23.5 Å². The van der Waals surface area contributed by atoms with Crippen molar-refractivity contribution in [2.24, 2.45) is 5.41 Å². The van der Waals surface area contributed by atoms with Crippen LogP contribution in [0.4, 0.5) is 0 Å². The van der Waals surface area contributed by atoms with Crippen LogP contribution >= 0.6 is 11.8 Å². The molecule has 0 spiro atoms. The standard InChI is InChI=1S/C11H19N3S/c1-11(2)3-10(7-15-8-11)12-4-9-5-13-14-6-9/h5-6,10,12H,3-4,7-8H2,1-2H3,(H,13,14). The molecule has 2 rings (SSSR count). The van der Waals surface area contributed by atoms with E-state index in [0.29, 0.717) is 11.5 Å². The summed E-state index contributed by atoms with van der Waals surface area (Å²) in [6, 6.07) is 0.647. The van der Waals surface area contributed by atoms with Crippen LogP contribution in [0, 0.1) is 5.41 Å². The highest BCUT2D eigenvalue weighted by atomic mass is 32.2. The molecule has 1 fully saturated rings. The third kappa shape index (κ3) is 3.24. The van der Waals surface area contributed by atoms with Gasteiger partial charge in [-0.2, -0.15) is 16.9 Å². The number of aromatic nitrogens is 2. The molecule has 1 saturated heterocycles. The molecule has 1 aliphatic rings. The molecular weight excluding hydrogens is 206 g/mol. The Morgan fingerprint density at radius 1 is 1.67 bits per heavy atom. The fourth-order valence-electron chi connectivity index (χ4n) is 2.03. The zero-order chi connectivity index (χ0) is 10.7. The number of aromatic amines is 1. The lowest BCUT2D eigenvalue weighted by atomic mass is 9.88. The molecule has 0 aromatic carbocycles. The average Bonchev–Trinajstić information content (AvgIpc) is 2.65. The monoisotopic (exact) mass is 225 g/mol. The van der Waals surface area contributed by atoms with Crippen LogP contribution in [0.25, 0.3) is 0 Å². The van der Waals surface area contributed by atoms with Gasteiger partial charge in [-0.25, -0.2) is 0 Å². The summed E-state index contributed by atoms with van der Waals surface area (Å²) in [5, 5.41) is 10.4. The van der Waals surface area contributed by atoms with Crippen LogP contribution in [0.1, 0.15) is 25.8 Å². The molecule has 0 bridgehead atoms. The van der Waals surface area contributed by atoms with Crippen molar-refractivity contribution in [2.45, 2.75) is 32.9 Å². The second-order valence-electron chi connectivity index (χ2n) is 5.07. The van der Waals surface area contributed by atoms with E-state index < -0.39 is 0 Å². The fourth-order valence-corrected chi connectivity index (χ4v) is 3.34. The summed E-state index contributed by atoms with van der Waals surface area (Å²) >= 11 is 2.06. The van der Waals surface area contributed by atoms with Gasteiger partial charge in [-0.3, -0.25) is 5.10 Å². The first-order valence-electron chi connectivity index (χ1n) is 5.44. The Bertz CT molecular complexity index is 295. The third-order valence-electron chi connectivity index (χ3n) is 2.76. The predicted octanol–water partition coefficient (Wildman–Crippen LogP) is 2.03. The van der Waals surface area contributed by atoms with E-state index in [4.69, 9.17) is 0 Å². The number of thioether (sulfide) groups is 1. The van der Waals surface area contributed by atoms with Crippen LogP contribution in [0.3, 0.4) is 0 Å². The second-order valence-corrected chi connectivity index (χ2v) is 6.10. The first-order valence-corrected chi connectivity index (χ1v) is 6.60. The molecule has 2 heterocycles. The molecular formula is C11H19N3S. The van der Waals surface area contributed by atoms with Gasteiger partial charge in [0.25, 0.3) is 0 Å². The first kappa shape index (κ1) is 11.0. The Labute approximate surface area is 95.4 Å². The lowest BCUT2D eigenvalue weighted by Gasteiger charge is -2.35. The zero-order valence-electron chi connectivity index (χ0n) is 9.42. The van der Waals surface area contributed by atoms with Crippen molar-refractivity contribution >= 4 is 11.8 Å². The zero-order valence-corrected chi connectivity index (χ0v) is 10.2. The Balaban J connectivity index is 1.80. The minimum absolute atomic E-state index is 0.483. The average molecular weight is 225 g/mol. The maximum Gasteiger partial charge on any atom is 0.0532 e. The molecule has 1 aliphatic heterocycles. The van der Waals surface area contributed by atoms with Crippen molar-refractivity contribution in [1.29, 1.82) is 0 Å². The Morgan fingerprint density at radius 3 is 3.20 bits per heavy atom. The van der Waals surface area contributed by atoms with Gasteiger partial charge in [0.15, 0.2) is 0 Å². The highest BCUT2D eigenvalue weighted by Crippen LogP contribution is 2.33. The summed E-state index contributed by atoms with van der Waals surface area (Å²) in [5.74, 6) is 2.53. The second kappa shape index (κ2) is 4.58. The van der Waals surface area contributed by atoms with E-state index >= 15 is 0 Å². The number of H-pyrrole nitrogens is 1. The minimum atomic E-state index is 0.483. The summed E-state index contributed by atoms with van der Waals surface area (Å²) in [6.07, 6.45) is 5.11. The van der Waals surface area contributed by atoms with Crippen molar-refractivity contribution in [1.82, 2.24) is 15.5 Å². The largest absolute Gasteiger partial charge is 0.309 e. The summed E-state index contributed by atoms with van der Waals surface area (Å²) < 4.78 is 0. The van der Waals surface area contributed by atoms with E-state index in [9.17, 15) is 0 Å². The number of rotatable bonds is 3. The molecule has 1 aromatic rings. The van der Waals surface area contributed by atoms with Crippen molar-refractivity contribution < 1.29 is 0 Å². The van der Waals surface area contributed by atoms with Crippen LogP contribution < -0.4 is 5.32 Å². The Hall–Kier alpha value is -0.480. The molecule has 15 heavy (non-hydrogen) atoms. The summed E-state index contributed by atoms with van der Waals surface area (Å²) in [6.45, 7) is 5.63. The van der Waals surface area contributed by atoms with Gasteiger partial charge in [-0.15, -0.1) is 0 Å². The number of nitrogens with one attached hydrogen (secondary N) is 2. The van der Waals surface area contributed by atoms with Gasteiger partial charge >= 0.3 is 0 Å². The molecule has 0 saturated carbocycles. The van der Waals surface area contributed by atoms with Crippen LogP contribution in [0.5, 0.6) is 0 Å². The third-order valence-corrected chi connectivity index (χ3v) is 4.38. The predicted molar refractivity (Wildman–Crippen MR) is 64.9 cm³/mol. The number of hydrogen-bond acceptors (Lipinski definition) is 3. The molecule has 1 atom stereocenters. The van der Waals surface area contributed by atoms with Gasteiger partial charge in [0, 0.05) is 30.1 Å². The van der Waals surface area contributed by atoms with Gasteiger partial charge in [0.05, 0.1) is 6.20 Å². The summed E-state index contributed by atoms with van der Waals surface area (Å²) in [7, 11) is 0. The SMILES string of the molecule is CC1(C)CSCC(NCc2cn[nH]c2)C1. The lowest BCUT2D eigenvalue weighted by molar-refractivity contribution is 0.317. The highest BCUT2D eigenvalue weighted by Gasteiger charge is 2.27. The maximum atomic E-state index is 3.94. The quantitative estimate of drug-likeness (QED) is 0.827. The van der Waals surface area contributed by atoms with E-state index in [-0.39, 0.29) is 0 Å². The molecule has 3 nitrogen and oxygen atoms in total. The van der Waals surface area contributed by atoms with Gasteiger partial charge in [-0.1, -0.05) is 13.8 Å². The number of hydrogen-bond donors (Lipinski definition) is 2. The van der Waals surface area contributed by atoms with Gasteiger partial charge in [-0.05, 0) is 17.6 Å². The van der Waals surface area contributed by atoms with Gasteiger partial charge in [0.1, 0.15) is 0 Å². The van der Waals surface area contributed by atoms with Crippen LogP contribution in [-0.2, 0) is 6.54 Å². The Morgan fingerprint density at radius 2 is 2.53 bits per heavy atom. The molecule has 1 unspecified atom stereocenters. The Kier molecular flexibility index (Phi) is 3.36. The molecule has 1 aromatic heterocycles. The van der Waals surface area contributed by atoms with Crippen molar-refractivity contribution in [3.05, 3.63) is 18.0 Å². The molecule has 0 amide bonds. The van der Waals surface area contributed by atoms with E-state index in [1.54, 1.807) is 0 Å². The molecule has 84 valence electrons. The van der Waals surface area contributed by atoms with Gasteiger partial charge < -0.3 is 5.32 Å². The van der Waals surface area contributed by atoms with Crippen molar-refractivity contribution in [2.75, 3.05) is 11.5 Å². The summed E-state index contributed by atoms with van der Waals surface area (Å²) in [5.41, 5.74) is 1.72. The molecule has 4 heteroatoms. The highest BCUT2D eigenvalue weighted by molar-refractivity contribution is 7.99.